The van der Waals surface area contributed by atoms with Crippen LogP contribution in [0.25, 0.3) is 0 Å². The molecule has 2 aromatic rings. The van der Waals surface area contributed by atoms with Crippen LogP contribution in [0, 0.1) is 0 Å². The molecule has 1 N–H and O–H groups in total. The third-order valence-electron chi connectivity index (χ3n) is 2.88. The van der Waals surface area contributed by atoms with Crippen LogP contribution in [-0.2, 0) is 6.54 Å². The normalized spacial score (nSPS) is 10.0. The number of nitrogens with zero attached hydrogens (tertiary/aromatic N) is 1. The topological polar surface area (TPSA) is 60.5 Å². The fraction of sp³-hybridized carbons (Fsp3) is 0.200. The van der Waals surface area contributed by atoms with Gasteiger partial charge < -0.3 is 14.8 Å². The molecule has 0 atom stereocenters. The lowest BCUT2D eigenvalue weighted by Crippen LogP contribution is -2.23. The summed E-state index contributed by atoms with van der Waals surface area (Å²) in [5.74, 6) is 0.992. The predicted molar refractivity (Wildman–Crippen MR) is 82.7 cm³/mol. The zero-order valence-electron chi connectivity index (χ0n) is 11.7. The minimum absolute atomic E-state index is 0.184. The van der Waals surface area contributed by atoms with E-state index in [1.165, 1.54) is 0 Å². The van der Waals surface area contributed by atoms with Gasteiger partial charge in [0.25, 0.3) is 5.91 Å². The zero-order valence-corrected chi connectivity index (χ0v) is 13.3. The van der Waals surface area contributed by atoms with Crippen molar-refractivity contribution in [3.8, 4) is 11.6 Å². The van der Waals surface area contributed by atoms with Crippen LogP contribution in [0.3, 0.4) is 0 Å². The number of amides is 1. The highest BCUT2D eigenvalue weighted by molar-refractivity contribution is 9.10. The Morgan fingerprint density at radius 1 is 1.24 bits per heavy atom. The van der Waals surface area contributed by atoms with E-state index in [2.05, 4.69) is 26.2 Å². The van der Waals surface area contributed by atoms with Gasteiger partial charge in [0, 0.05) is 23.3 Å². The van der Waals surface area contributed by atoms with Gasteiger partial charge in [-0.1, -0.05) is 6.07 Å². The molecule has 1 amide bonds. The molecule has 0 unspecified atom stereocenters. The summed E-state index contributed by atoms with van der Waals surface area (Å²) in [5.41, 5.74) is 1.42. The maximum Gasteiger partial charge on any atom is 0.252 e. The van der Waals surface area contributed by atoms with E-state index in [0.29, 0.717) is 28.2 Å². The van der Waals surface area contributed by atoms with Gasteiger partial charge in [0.2, 0.25) is 5.88 Å². The second-order valence-electron chi connectivity index (χ2n) is 4.24. The average Bonchev–Trinajstić information content (AvgIpc) is 2.53. The summed E-state index contributed by atoms with van der Waals surface area (Å²) < 4.78 is 10.8. The molecule has 5 nitrogen and oxygen atoms in total. The van der Waals surface area contributed by atoms with Gasteiger partial charge >= 0.3 is 0 Å². The van der Waals surface area contributed by atoms with Gasteiger partial charge in [0.15, 0.2) is 0 Å². The lowest BCUT2D eigenvalue weighted by molar-refractivity contribution is 0.0949. The molecule has 0 aliphatic carbocycles. The quantitative estimate of drug-likeness (QED) is 0.900. The van der Waals surface area contributed by atoms with Crippen LogP contribution in [0.2, 0.25) is 0 Å². The van der Waals surface area contributed by atoms with E-state index >= 15 is 0 Å². The fourth-order valence-electron chi connectivity index (χ4n) is 1.72. The second-order valence-corrected chi connectivity index (χ2v) is 5.09. The Bertz CT molecular complexity index is 629. The van der Waals surface area contributed by atoms with E-state index in [1.807, 2.05) is 6.07 Å². The highest BCUT2D eigenvalue weighted by Gasteiger charge is 2.11. The fourth-order valence-corrected chi connectivity index (χ4v) is 2.15. The van der Waals surface area contributed by atoms with Gasteiger partial charge in [-0.25, -0.2) is 4.98 Å². The van der Waals surface area contributed by atoms with E-state index in [9.17, 15) is 4.79 Å². The first kappa shape index (κ1) is 15.3. The smallest absolute Gasteiger partial charge is 0.252 e. The molecule has 0 saturated heterocycles. The molecule has 2 rings (SSSR count). The second kappa shape index (κ2) is 7.08. The van der Waals surface area contributed by atoms with E-state index < -0.39 is 0 Å². The number of benzene rings is 1. The number of pyridine rings is 1. The molecule has 1 aromatic carbocycles. The summed E-state index contributed by atoms with van der Waals surface area (Å²) >= 11 is 3.36. The molecule has 0 aliphatic rings. The summed E-state index contributed by atoms with van der Waals surface area (Å²) in [6.07, 6.45) is 1.67. The van der Waals surface area contributed by atoms with Gasteiger partial charge in [-0.2, -0.15) is 0 Å². The number of hydrogen-bond acceptors (Lipinski definition) is 4. The Morgan fingerprint density at radius 2 is 2.05 bits per heavy atom. The van der Waals surface area contributed by atoms with Gasteiger partial charge in [-0.05, 0) is 39.7 Å². The Morgan fingerprint density at radius 3 is 2.67 bits per heavy atom. The molecule has 110 valence electrons. The highest BCUT2D eigenvalue weighted by Crippen LogP contribution is 2.22. The van der Waals surface area contributed by atoms with Crippen molar-refractivity contribution in [1.82, 2.24) is 10.3 Å². The van der Waals surface area contributed by atoms with E-state index in [4.69, 9.17) is 9.47 Å². The first-order valence-electron chi connectivity index (χ1n) is 6.24. The molecule has 1 heterocycles. The Labute approximate surface area is 131 Å². The number of methoxy groups -OCH3 is 2. The molecule has 21 heavy (non-hydrogen) atoms. The maximum atomic E-state index is 12.2. The van der Waals surface area contributed by atoms with Crippen molar-refractivity contribution in [1.29, 1.82) is 0 Å². The molecule has 1 aromatic heterocycles. The van der Waals surface area contributed by atoms with Crippen molar-refractivity contribution in [3.05, 3.63) is 52.1 Å². The molecule has 0 bridgehead atoms. The molecule has 0 radical (unpaired) electrons. The van der Waals surface area contributed by atoms with Crippen molar-refractivity contribution in [3.63, 3.8) is 0 Å². The van der Waals surface area contributed by atoms with Crippen LogP contribution in [0.5, 0.6) is 11.6 Å². The SMILES string of the molecule is COc1ccc(Br)c(C(=O)NCc2ccc(OC)nc2)c1. The van der Waals surface area contributed by atoms with Crippen molar-refractivity contribution in [2.75, 3.05) is 14.2 Å². The molecular formula is C15H15BrN2O3. The number of hydrogen-bond donors (Lipinski definition) is 1. The minimum Gasteiger partial charge on any atom is -0.497 e. The van der Waals surface area contributed by atoms with Crippen LogP contribution in [0.4, 0.5) is 0 Å². The number of ether oxygens (including phenoxy) is 2. The van der Waals surface area contributed by atoms with Gasteiger partial charge in [-0.15, -0.1) is 0 Å². The molecule has 0 fully saturated rings. The first-order chi connectivity index (χ1) is 10.1. The van der Waals surface area contributed by atoms with Gasteiger partial charge in [0.1, 0.15) is 5.75 Å². The van der Waals surface area contributed by atoms with E-state index in [1.54, 1.807) is 44.7 Å². The summed E-state index contributed by atoms with van der Waals surface area (Å²) in [5, 5.41) is 2.84. The molecule has 0 saturated carbocycles. The standard InChI is InChI=1S/C15H15BrN2O3/c1-20-11-4-5-13(16)12(7-11)15(19)18-9-10-3-6-14(21-2)17-8-10/h3-8H,9H2,1-2H3,(H,18,19). The lowest BCUT2D eigenvalue weighted by atomic mass is 10.2. The number of nitrogens with one attached hydrogen (secondary N) is 1. The number of carbonyl (C=O) groups excluding carboxylic acids is 1. The van der Waals surface area contributed by atoms with Crippen LogP contribution in [0.15, 0.2) is 41.0 Å². The average molecular weight is 351 g/mol. The van der Waals surface area contributed by atoms with E-state index in [0.717, 1.165) is 5.56 Å². The number of aromatic nitrogens is 1. The Kier molecular flexibility index (Phi) is 5.16. The molecule has 6 heteroatoms. The number of carbonyl (C=O) groups is 1. The lowest BCUT2D eigenvalue weighted by Gasteiger charge is -2.09. The summed E-state index contributed by atoms with van der Waals surface area (Å²) in [6, 6.07) is 8.86. The monoisotopic (exact) mass is 350 g/mol. The maximum absolute atomic E-state index is 12.2. The van der Waals surface area contributed by atoms with E-state index in [-0.39, 0.29) is 5.91 Å². The zero-order chi connectivity index (χ0) is 15.2. The van der Waals surface area contributed by atoms with Crippen molar-refractivity contribution in [2.45, 2.75) is 6.54 Å². The number of halogens is 1. The summed E-state index contributed by atoms with van der Waals surface area (Å²) in [7, 11) is 3.12. The van der Waals surface area contributed by atoms with Crippen LogP contribution < -0.4 is 14.8 Å². The largest absolute Gasteiger partial charge is 0.497 e. The third-order valence-corrected chi connectivity index (χ3v) is 3.57. The molecule has 0 spiro atoms. The summed E-state index contributed by atoms with van der Waals surface area (Å²) in [6.45, 7) is 0.388. The number of rotatable bonds is 5. The van der Waals surface area contributed by atoms with Crippen molar-refractivity contribution in [2.24, 2.45) is 0 Å². The molecule has 0 aliphatic heterocycles. The van der Waals surface area contributed by atoms with Crippen molar-refractivity contribution >= 4 is 21.8 Å². The minimum atomic E-state index is -0.184. The third kappa shape index (κ3) is 3.95. The van der Waals surface area contributed by atoms with Crippen LogP contribution >= 0.6 is 15.9 Å². The summed E-state index contributed by atoms with van der Waals surface area (Å²) in [4.78, 5) is 16.3. The van der Waals surface area contributed by atoms with Gasteiger partial charge in [-0.3, -0.25) is 4.79 Å². The van der Waals surface area contributed by atoms with Crippen LogP contribution in [0.1, 0.15) is 15.9 Å². The highest BCUT2D eigenvalue weighted by atomic mass is 79.9. The van der Waals surface area contributed by atoms with Crippen molar-refractivity contribution < 1.29 is 14.3 Å². The Balaban J connectivity index is 2.04. The predicted octanol–water partition coefficient (Wildman–Crippen LogP) is 2.79. The Hall–Kier alpha value is -2.08. The molecular weight excluding hydrogens is 336 g/mol. The van der Waals surface area contributed by atoms with Gasteiger partial charge in [0.05, 0.1) is 19.8 Å². The van der Waals surface area contributed by atoms with Crippen LogP contribution in [-0.4, -0.2) is 25.1 Å². The first-order valence-corrected chi connectivity index (χ1v) is 7.04.